The van der Waals surface area contributed by atoms with E-state index in [0.29, 0.717) is 19.1 Å². The molecule has 0 bridgehead atoms. The molecule has 3 amide bonds. The van der Waals surface area contributed by atoms with Gasteiger partial charge in [-0.25, -0.2) is 4.79 Å². The van der Waals surface area contributed by atoms with Crippen molar-refractivity contribution in [3.8, 4) is 12.3 Å². The van der Waals surface area contributed by atoms with E-state index in [1.54, 1.807) is 0 Å². The largest absolute Gasteiger partial charge is 0.445 e. The Hall–Kier alpha value is -3.34. The van der Waals surface area contributed by atoms with Crippen LogP contribution in [0.15, 0.2) is 30.3 Å². The zero-order chi connectivity index (χ0) is 24.8. The Kier molecular flexibility index (Phi) is 12.3. The molecule has 1 rings (SSSR count). The van der Waals surface area contributed by atoms with Gasteiger partial charge in [0.1, 0.15) is 25.0 Å². The number of rotatable bonds is 13. The van der Waals surface area contributed by atoms with Crippen LogP contribution in [-0.2, 0) is 25.7 Å². The molecule has 0 spiro atoms. The van der Waals surface area contributed by atoms with Crippen molar-refractivity contribution in [2.45, 2.75) is 71.7 Å². The van der Waals surface area contributed by atoms with Crippen molar-refractivity contribution >= 4 is 24.2 Å². The van der Waals surface area contributed by atoms with Gasteiger partial charge < -0.3 is 25.5 Å². The van der Waals surface area contributed by atoms with Crippen LogP contribution in [0.2, 0.25) is 0 Å². The van der Waals surface area contributed by atoms with Gasteiger partial charge in [-0.05, 0) is 30.2 Å². The lowest BCUT2D eigenvalue weighted by atomic mass is 10.00. The first kappa shape index (κ1) is 27.7. The van der Waals surface area contributed by atoms with E-state index in [1.807, 2.05) is 58.0 Å². The first-order valence-electron chi connectivity index (χ1n) is 11.1. The van der Waals surface area contributed by atoms with Gasteiger partial charge in [0.15, 0.2) is 0 Å². The van der Waals surface area contributed by atoms with Gasteiger partial charge in [-0.15, -0.1) is 12.3 Å². The number of hydrogen-bond acceptors (Lipinski definition) is 5. The van der Waals surface area contributed by atoms with Crippen LogP contribution in [0.4, 0.5) is 4.79 Å². The van der Waals surface area contributed by atoms with Crippen molar-refractivity contribution in [2.75, 3.05) is 0 Å². The van der Waals surface area contributed by atoms with Gasteiger partial charge >= 0.3 is 6.09 Å². The topological polar surface area (TPSA) is 114 Å². The Morgan fingerprint density at radius 2 is 1.48 bits per heavy atom. The molecule has 0 aliphatic carbocycles. The van der Waals surface area contributed by atoms with E-state index < -0.39 is 36.0 Å². The maximum atomic E-state index is 13.0. The van der Waals surface area contributed by atoms with Crippen LogP contribution in [0.5, 0.6) is 0 Å². The van der Waals surface area contributed by atoms with Crippen molar-refractivity contribution in [3.05, 3.63) is 35.9 Å². The molecule has 0 radical (unpaired) electrons. The Labute approximate surface area is 196 Å². The molecule has 0 heterocycles. The molecule has 3 N–H and O–H groups in total. The number of amides is 3. The molecule has 0 aliphatic heterocycles. The third-order valence-corrected chi connectivity index (χ3v) is 4.70. The minimum atomic E-state index is -0.886. The summed E-state index contributed by atoms with van der Waals surface area (Å²) >= 11 is 0. The summed E-state index contributed by atoms with van der Waals surface area (Å²) < 4.78 is 5.23. The summed E-state index contributed by atoms with van der Waals surface area (Å²) in [5, 5.41) is 7.88. The minimum absolute atomic E-state index is 0.0579. The quantitative estimate of drug-likeness (QED) is 0.311. The normalized spacial score (nSPS) is 13.4. The Balaban J connectivity index is 2.83. The Bertz CT molecular complexity index is 817. The molecule has 1 aromatic rings. The fourth-order valence-electron chi connectivity index (χ4n) is 3.13. The van der Waals surface area contributed by atoms with Crippen LogP contribution in [0.1, 0.15) is 52.5 Å². The summed E-state index contributed by atoms with van der Waals surface area (Å²) in [6.45, 7) is 7.74. The summed E-state index contributed by atoms with van der Waals surface area (Å²) in [4.78, 5) is 49.2. The van der Waals surface area contributed by atoms with E-state index >= 15 is 0 Å². The predicted molar refractivity (Wildman–Crippen MR) is 126 cm³/mol. The summed E-state index contributed by atoms with van der Waals surface area (Å²) in [6, 6.07) is 6.60. The molecule has 33 heavy (non-hydrogen) atoms. The molecule has 0 saturated heterocycles. The number of carbonyl (C=O) groups is 4. The highest BCUT2D eigenvalue weighted by molar-refractivity contribution is 5.92. The standard InChI is InChI=1S/C25H35N3O5/c1-6-10-20(15-29)26-23(30)21(13-17(2)3)27-24(31)22(14-18(4)5)28-25(32)33-16-19-11-8-7-9-12-19/h1,7-9,11-12,15,17-18,20-22H,10,13-14,16H2,2-5H3,(H,26,30)(H,27,31)(H,28,32)/t20-,21-,22-/m0/s1. The molecule has 0 aromatic heterocycles. The van der Waals surface area contributed by atoms with E-state index in [2.05, 4.69) is 21.9 Å². The smallest absolute Gasteiger partial charge is 0.408 e. The first-order valence-corrected chi connectivity index (χ1v) is 11.1. The number of ether oxygens (including phenoxy) is 1. The third-order valence-electron chi connectivity index (χ3n) is 4.70. The summed E-state index contributed by atoms with van der Waals surface area (Å²) in [5.41, 5.74) is 0.822. The van der Waals surface area contributed by atoms with Crippen LogP contribution in [0.25, 0.3) is 0 Å². The zero-order valence-electron chi connectivity index (χ0n) is 19.8. The molecular formula is C25H35N3O5. The molecule has 180 valence electrons. The number of aldehydes is 1. The van der Waals surface area contributed by atoms with E-state index in [9.17, 15) is 19.2 Å². The van der Waals surface area contributed by atoms with E-state index in [1.165, 1.54) is 0 Å². The van der Waals surface area contributed by atoms with Gasteiger partial charge in [-0.2, -0.15) is 0 Å². The summed E-state index contributed by atoms with van der Waals surface area (Å²) in [5.74, 6) is 1.53. The lowest BCUT2D eigenvalue weighted by Gasteiger charge is -2.25. The van der Waals surface area contributed by atoms with E-state index in [4.69, 9.17) is 11.2 Å². The highest BCUT2D eigenvalue weighted by Crippen LogP contribution is 2.10. The lowest BCUT2D eigenvalue weighted by molar-refractivity contribution is -0.131. The molecule has 8 nitrogen and oxygen atoms in total. The molecule has 8 heteroatoms. The second-order valence-electron chi connectivity index (χ2n) is 8.74. The van der Waals surface area contributed by atoms with Crippen LogP contribution in [0.3, 0.4) is 0 Å². The summed E-state index contributed by atoms with van der Waals surface area (Å²) in [7, 11) is 0. The number of benzene rings is 1. The highest BCUT2D eigenvalue weighted by Gasteiger charge is 2.29. The predicted octanol–water partition coefficient (Wildman–Crippen LogP) is 2.57. The minimum Gasteiger partial charge on any atom is -0.445 e. The zero-order valence-corrected chi connectivity index (χ0v) is 19.8. The number of terminal acetylenes is 1. The molecule has 0 fully saturated rings. The highest BCUT2D eigenvalue weighted by atomic mass is 16.5. The number of hydrogen-bond donors (Lipinski definition) is 3. The monoisotopic (exact) mass is 457 g/mol. The maximum absolute atomic E-state index is 13.0. The van der Waals surface area contributed by atoms with Gasteiger partial charge in [-0.3, -0.25) is 9.59 Å². The van der Waals surface area contributed by atoms with Gasteiger partial charge in [0.2, 0.25) is 11.8 Å². The van der Waals surface area contributed by atoms with Crippen LogP contribution >= 0.6 is 0 Å². The molecule has 0 aliphatic rings. The van der Waals surface area contributed by atoms with Crippen molar-refractivity contribution < 1.29 is 23.9 Å². The fraction of sp³-hybridized carbons (Fsp3) is 0.520. The van der Waals surface area contributed by atoms with Crippen molar-refractivity contribution in [2.24, 2.45) is 11.8 Å². The molecule has 1 aromatic carbocycles. The third kappa shape index (κ3) is 11.2. The Morgan fingerprint density at radius 1 is 0.939 bits per heavy atom. The van der Waals surface area contributed by atoms with E-state index in [-0.39, 0.29) is 24.9 Å². The molecular weight excluding hydrogens is 422 g/mol. The second kappa shape index (κ2) is 14.7. The van der Waals surface area contributed by atoms with Gasteiger partial charge in [0.25, 0.3) is 0 Å². The molecule has 0 saturated carbocycles. The second-order valence-corrected chi connectivity index (χ2v) is 8.74. The van der Waals surface area contributed by atoms with Gasteiger partial charge in [0, 0.05) is 6.42 Å². The summed E-state index contributed by atoms with van der Waals surface area (Å²) in [6.07, 6.45) is 5.84. The van der Waals surface area contributed by atoms with Crippen molar-refractivity contribution in [1.29, 1.82) is 0 Å². The van der Waals surface area contributed by atoms with Crippen molar-refractivity contribution in [3.63, 3.8) is 0 Å². The number of nitrogens with one attached hydrogen (secondary N) is 3. The fourth-order valence-corrected chi connectivity index (χ4v) is 3.13. The van der Waals surface area contributed by atoms with Crippen LogP contribution in [-0.4, -0.2) is 42.3 Å². The average Bonchev–Trinajstić information content (AvgIpc) is 2.76. The van der Waals surface area contributed by atoms with Crippen LogP contribution in [0, 0.1) is 24.2 Å². The van der Waals surface area contributed by atoms with E-state index in [0.717, 1.165) is 5.56 Å². The van der Waals surface area contributed by atoms with Gasteiger partial charge in [0.05, 0.1) is 6.04 Å². The molecule has 0 unspecified atom stereocenters. The number of carbonyl (C=O) groups excluding carboxylic acids is 4. The SMILES string of the molecule is C#CC[C@@H](C=O)NC(=O)[C@H](CC(C)C)NC(=O)[C@H](CC(C)C)NC(=O)OCc1ccccc1. The molecule has 3 atom stereocenters. The average molecular weight is 458 g/mol. The van der Waals surface area contributed by atoms with Crippen molar-refractivity contribution in [1.82, 2.24) is 16.0 Å². The Morgan fingerprint density at radius 3 is 2.00 bits per heavy atom. The number of alkyl carbamates (subject to hydrolysis) is 1. The maximum Gasteiger partial charge on any atom is 0.408 e. The first-order chi connectivity index (χ1) is 15.7. The van der Waals surface area contributed by atoms with Crippen LogP contribution < -0.4 is 16.0 Å². The van der Waals surface area contributed by atoms with Gasteiger partial charge in [-0.1, -0.05) is 58.0 Å². The lowest BCUT2D eigenvalue weighted by Crippen LogP contribution is -2.55.